The fourth-order valence-corrected chi connectivity index (χ4v) is 1.02. The van der Waals surface area contributed by atoms with Gasteiger partial charge in [0, 0.05) is 11.6 Å². The van der Waals surface area contributed by atoms with Crippen molar-refractivity contribution in [2.75, 3.05) is 0 Å². The van der Waals surface area contributed by atoms with Crippen molar-refractivity contribution in [3.63, 3.8) is 0 Å². The Bertz CT molecular complexity index is 324. The molecule has 0 atom stereocenters. The molecule has 0 amide bonds. The molecule has 2 nitrogen and oxygen atoms in total. The van der Waals surface area contributed by atoms with E-state index < -0.39 is 5.57 Å². The summed E-state index contributed by atoms with van der Waals surface area (Å²) in [6, 6.07) is 12.1. The third kappa shape index (κ3) is 3.40. The zero-order valence-corrected chi connectivity index (χ0v) is 7.07. The maximum absolute atomic E-state index is 9.50. The van der Waals surface area contributed by atoms with Crippen LogP contribution in [0.2, 0.25) is 0 Å². The van der Waals surface area contributed by atoms with Crippen molar-refractivity contribution in [3.8, 4) is 0 Å². The molecule has 1 heterocycles. The summed E-state index contributed by atoms with van der Waals surface area (Å²) < 4.78 is 28.5. The third-order valence-electron chi connectivity index (χ3n) is 1.51. The first kappa shape index (κ1) is 10.5. The lowest BCUT2D eigenvalue weighted by atomic mass is 10.2. The maximum Gasteiger partial charge on any atom is 0.199 e. The molecule has 1 aromatic carbocycles. The van der Waals surface area contributed by atoms with E-state index in [4.69, 9.17) is 0 Å². The Morgan fingerprint density at radius 3 is 2.14 bits per heavy atom. The molecule has 74 valence electrons. The molecule has 0 aliphatic carbocycles. The second kappa shape index (κ2) is 5.18. The van der Waals surface area contributed by atoms with Gasteiger partial charge >= 0.3 is 0 Å². The normalized spacial score (nSPS) is 9.71. The Balaban J connectivity index is 0.000000213. The van der Waals surface area contributed by atoms with Gasteiger partial charge < -0.3 is 0 Å². The van der Waals surface area contributed by atoms with Gasteiger partial charge in [0.25, 0.3) is 0 Å². The first-order chi connectivity index (χ1) is 6.70. The Morgan fingerprint density at radius 2 is 1.50 bits per heavy atom. The van der Waals surface area contributed by atoms with Crippen molar-refractivity contribution in [1.29, 1.82) is 0 Å². The second-order valence-electron chi connectivity index (χ2n) is 2.39. The zero-order valence-electron chi connectivity index (χ0n) is 7.07. The predicted molar refractivity (Wildman–Crippen MR) is 46.9 cm³/mol. The Morgan fingerprint density at radius 1 is 0.929 bits per heavy atom. The summed E-state index contributed by atoms with van der Waals surface area (Å²) in [5, 5.41) is 1.20. The van der Waals surface area contributed by atoms with Gasteiger partial charge in [0.15, 0.2) is 5.57 Å². The standard InChI is InChI=1S/C9H7N.F3N/c1-2-6-9-8(4-1)5-3-7-10-9;1-4(2)3/h1-7H;. The minimum atomic E-state index is -2.50. The van der Waals surface area contributed by atoms with E-state index in [1.807, 2.05) is 30.5 Å². The summed E-state index contributed by atoms with van der Waals surface area (Å²) in [5.41, 5.74) is -1.44. The van der Waals surface area contributed by atoms with Crippen LogP contribution in [0.25, 0.3) is 10.9 Å². The molecular formula is C9H7F3N2. The van der Waals surface area contributed by atoms with E-state index in [-0.39, 0.29) is 0 Å². The van der Waals surface area contributed by atoms with E-state index in [1.54, 1.807) is 0 Å². The SMILES string of the molecule is FN(F)F.c1ccc2ncccc2c1. The van der Waals surface area contributed by atoms with E-state index in [0.29, 0.717) is 0 Å². The van der Waals surface area contributed by atoms with Crippen LogP contribution in [-0.2, 0) is 0 Å². The van der Waals surface area contributed by atoms with Crippen LogP contribution in [0.15, 0.2) is 42.6 Å². The van der Waals surface area contributed by atoms with Crippen LogP contribution in [0.1, 0.15) is 0 Å². The van der Waals surface area contributed by atoms with Crippen LogP contribution in [0.4, 0.5) is 13.4 Å². The lowest BCUT2D eigenvalue weighted by Crippen LogP contribution is -1.73. The highest BCUT2D eigenvalue weighted by Crippen LogP contribution is 2.07. The number of nitrogens with zero attached hydrogens (tertiary/aromatic N) is 2. The molecule has 0 radical (unpaired) electrons. The minimum absolute atomic E-state index is 1.06. The van der Waals surface area contributed by atoms with Gasteiger partial charge in [0.05, 0.1) is 5.52 Å². The van der Waals surface area contributed by atoms with Crippen LogP contribution in [0.3, 0.4) is 0 Å². The fourth-order valence-electron chi connectivity index (χ4n) is 1.02. The van der Waals surface area contributed by atoms with Gasteiger partial charge in [-0.3, -0.25) is 4.98 Å². The lowest BCUT2D eigenvalue weighted by Gasteiger charge is -1.91. The molecule has 0 saturated heterocycles. The molecule has 0 saturated carbocycles. The predicted octanol–water partition coefficient (Wildman–Crippen LogP) is 3.18. The molecule has 0 fully saturated rings. The Labute approximate surface area is 78.4 Å². The summed E-state index contributed by atoms with van der Waals surface area (Å²) in [4.78, 5) is 4.18. The van der Waals surface area contributed by atoms with Crippen LogP contribution in [0, 0.1) is 0 Å². The van der Waals surface area contributed by atoms with E-state index >= 15 is 0 Å². The number of para-hydroxylation sites is 1. The highest BCUT2D eigenvalue weighted by molar-refractivity contribution is 5.77. The van der Waals surface area contributed by atoms with Crippen LogP contribution in [0.5, 0.6) is 0 Å². The first-order valence-corrected chi connectivity index (χ1v) is 3.77. The highest BCUT2D eigenvalue weighted by atomic mass is 19.5. The second-order valence-corrected chi connectivity index (χ2v) is 2.39. The van der Waals surface area contributed by atoms with Crippen molar-refractivity contribution < 1.29 is 13.4 Å². The number of hydrogen-bond acceptors (Lipinski definition) is 2. The Hall–Kier alpha value is -1.62. The van der Waals surface area contributed by atoms with E-state index in [1.165, 1.54) is 5.39 Å². The summed E-state index contributed by atoms with van der Waals surface area (Å²) >= 11 is 0. The summed E-state index contributed by atoms with van der Waals surface area (Å²) in [6.45, 7) is 0. The number of rotatable bonds is 0. The van der Waals surface area contributed by atoms with Crippen molar-refractivity contribution in [1.82, 2.24) is 10.6 Å². The van der Waals surface area contributed by atoms with Gasteiger partial charge in [0.2, 0.25) is 0 Å². The number of pyridine rings is 1. The largest absolute Gasteiger partial charge is 0.256 e. The first-order valence-electron chi connectivity index (χ1n) is 3.77. The quantitative estimate of drug-likeness (QED) is 0.607. The van der Waals surface area contributed by atoms with Crippen molar-refractivity contribution >= 4 is 10.9 Å². The molecule has 0 aliphatic rings. The molecule has 0 N–H and O–H groups in total. The Kier molecular flexibility index (Phi) is 3.87. The van der Waals surface area contributed by atoms with Crippen molar-refractivity contribution in [2.45, 2.75) is 0 Å². The molecule has 2 rings (SSSR count). The van der Waals surface area contributed by atoms with Crippen LogP contribution < -0.4 is 0 Å². The van der Waals surface area contributed by atoms with Crippen molar-refractivity contribution in [3.05, 3.63) is 42.6 Å². The molecule has 0 spiro atoms. The summed E-state index contributed by atoms with van der Waals surface area (Å²) in [6.07, 6.45) is 1.81. The van der Waals surface area contributed by atoms with E-state index in [2.05, 4.69) is 17.1 Å². The van der Waals surface area contributed by atoms with E-state index in [9.17, 15) is 13.4 Å². The van der Waals surface area contributed by atoms with Crippen LogP contribution >= 0.6 is 0 Å². The average molecular weight is 200 g/mol. The highest BCUT2D eigenvalue weighted by Gasteiger charge is 1.86. The smallest absolute Gasteiger partial charge is 0.199 e. The van der Waals surface area contributed by atoms with Gasteiger partial charge in [-0.05, 0) is 12.1 Å². The number of aromatic nitrogens is 1. The monoisotopic (exact) mass is 200 g/mol. The van der Waals surface area contributed by atoms with Gasteiger partial charge in [-0.2, -0.15) is 0 Å². The number of halogens is 3. The molecular weight excluding hydrogens is 193 g/mol. The third-order valence-corrected chi connectivity index (χ3v) is 1.51. The number of hydrogen-bond donors (Lipinski definition) is 0. The molecule has 0 bridgehead atoms. The number of benzene rings is 1. The van der Waals surface area contributed by atoms with Gasteiger partial charge in [-0.1, -0.05) is 37.7 Å². The average Bonchev–Trinajstić information content (AvgIpc) is 2.17. The lowest BCUT2D eigenvalue weighted by molar-refractivity contribution is -0.295. The molecule has 2 aromatic rings. The van der Waals surface area contributed by atoms with Gasteiger partial charge in [0.1, 0.15) is 0 Å². The van der Waals surface area contributed by atoms with Crippen LogP contribution in [-0.4, -0.2) is 10.6 Å². The molecule has 0 unspecified atom stereocenters. The zero-order chi connectivity index (χ0) is 10.4. The number of fused-ring (bicyclic) bond motifs is 1. The molecule has 14 heavy (non-hydrogen) atoms. The van der Waals surface area contributed by atoms with Gasteiger partial charge in [-0.25, -0.2) is 0 Å². The summed E-state index contributed by atoms with van der Waals surface area (Å²) in [7, 11) is 0. The van der Waals surface area contributed by atoms with Gasteiger partial charge in [-0.15, -0.1) is 0 Å². The fraction of sp³-hybridized carbons (Fsp3) is 0. The summed E-state index contributed by atoms with van der Waals surface area (Å²) in [5.74, 6) is 0. The van der Waals surface area contributed by atoms with Crippen molar-refractivity contribution in [2.24, 2.45) is 0 Å². The maximum atomic E-state index is 9.50. The molecule has 1 aromatic heterocycles. The molecule has 5 heteroatoms. The minimum Gasteiger partial charge on any atom is -0.256 e. The topological polar surface area (TPSA) is 16.1 Å². The molecule has 0 aliphatic heterocycles. The van der Waals surface area contributed by atoms with E-state index in [0.717, 1.165) is 5.52 Å².